The molecular weight excluding hydrogens is 212 g/mol. The first-order chi connectivity index (χ1) is 6.86. The third-order valence-corrected chi connectivity index (χ3v) is 2.75. The maximum absolute atomic E-state index is 13.8. The van der Waals surface area contributed by atoms with Crippen molar-refractivity contribution < 1.29 is 22.7 Å². The molecule has 0 amide bonds. The van der Waals surface area contributed by atoms with Gasteiger partial charge in [-0.25, -0.2) is 4.39 Å². The maximum Gasteiger partial charge on any atom is 0.426 e. The Kier molecular flexibility index (Phi) is 1.96. The predicted molar refractivity (Wildman–Crippen MR) is 45.3 cm³/mol. The lowest BCUT2D eigenvalue weighted by atomic mass is 9.97. The van der Waals surface area contributed by atoms with E-state index >= 15 is 0 Å². The molecule has 0 radical (unpaired) electrons. The Labute approximate surface area is 83.3 Å². The van der Waals surface area contributed by atoms with Gasteiger partial charge in [0, 0.05) is 11.1 Å². The summed E-state index contributed by atoms with van der Waals surface area (Å²) in [7, 11) is 0. The number of rotatable bonds is 0. The number of alkyl halides is 4. The lowest BCUT2D eigenvalue weighted by molar-refractivity contribution is -0.234. The van der Waals surface area contributed by atoms with E-state index in [2.05, 4.69) is 0 Å². The van der Waals surface area contributed by atoms with Crippen molar-refractivity contribution in [2.45, 2.75) is 24.7 Å². The standard InChI is InChI=1S/C10H8F4O/c11-9(10(12,13)14)5-4-6-7(9)2-1-3-8(6)15/h1-3,15H,4-5H2. The molecule has 5 heteroatoms. The smallest absolute Gasteiger partial charge is 0.426 e. The summed E-state index contributed by atoms with van der Waals surface area (Å²) in [5.74, 6) is -0.267. The summed E-state index contributed by atoms with van der Waals surface area (Å²) in [5.41, 5.74) is -3.69. The van der Waals surface area contributed by atoms with Crippen LogP contribution in [0.25, 0.3) is 0 Å². The molecule has 1 nitrogen and oxygen atoms in total. The largest absolute Gasteiger partial charge is 0.508 e. The van der Waals surface area contributed by atoms with E-state index in [-0.39, 0.29) is 17.7 Å². The number of hydrogen-bond acceptors (Lipinski definition) is 1. The van der Waals surface area contributed by atoms with Crippen molar-refractivity contribution in [1.82, 2.24) is 0 Å². The number of phenols is 1. The molecule has 0 saturated heterocycles. The quantitative estimate of drug-likeness (QED) is 0.666. The molecule has 1 unspecified atom stereocenters. The first-order valence-corrected chi connectivity index (χ1v) is 4.43. The highest BCUT2D eigenvalue weighted by Gasteiger charge is 2.60. The van der Waals surface area contributed by atoms with Gasteiger partial charge in [0.15, 0.2) is 0 Å². The Morgan fingerprint density at radius 1 is 1.27 bits per heavy atom. The van der Waals surface area contributed by atoms with Crippen molar-refractivity contribution in [3.63, 3.8) is 0 Å². The van der Waals surface area contributed by atoms with Crippen LogP contribution in [0.1, 0.15) is 17.5 Å². The summed E-state index contributed by atoms with van der Waals surface area (Å²) in [6.07, 6.45) is -5.66. The SMILES string of the molecule is Oc1cccc2c1CCC2(F)C(F)(F)F. The molecule has 1 aliphatic rings. The van der Waals surface area contributed by atoms with Gasteiger partial charge in [0.25, 0.3) is 0 Å². The van der Waals surface area contributed by atoms with Gasteiger partial charge in [0.2, 0.25) is 5.67 Å². The van der Waals surface area contributed by atoms with Gasteiger partial charge < -0.3 is 5.11 Å². The molecule has 0 heterocycles. The average Bonchev–Trinajstić information content (AvgIpc) is 2.46. The van der Waals surface area contributed by atoms with Crippen LogP contribution < -0.4 is 0 Å². The van der Waals surface area contributed by atoms with Crippen molar-refractivity contribution in [3.05, 3.63) is 29.3 Å². The second-order valence-corrected chi connectivity index (χ2v) is 3.60. The van der Waals surface area contributed by atoms with Gasteiger partial charge in [0.1, 0.15) is 5.75 Å². The van der Waals surface area contributed by atoms with Gasteiger partial charge in [-0.1, -0.05) is 12.1 Å². The molecule has 82 valence electrons. The monoisotopic (exact) mass is 220 g/mol. The predicted octanol–water partition coefficient (Wildman–Crippen LogP) is 3.07. The molecule has 1 N–H and O–H groups in total. The Hall–Kier alpha value is -1.26. The fraction of sp³-hybridized carbons (Fsp3) is 0.400. The van der Waals surface area contributed by atoms with Crippen LogP contribution in [-0.4, -0.2) is 11.3 Å². The molecule has 0 bridgehead atoms. The second kappa shape index (κ2) is 2.87. The van der Waals surface area contributed by atoms with E-state index in [0.29, 0.717) is 0 Å². The van der Waals surface area contributed by atoms with Crippen LogP contribution in [0.3, 0.4) is 0 Å². The summed E-state index contributed by atoms with van der Waals surface area (Å²) in [6, 6.07) is 3.57. The van der Waals surface area contributed by atoms with Crippen LogP contribution in [0.15, 0.2) is 18.2 Å². The van der Waals surface area contributed by atoms with Crippen molar-refractivity contribution in [3.8, 4) is 5.75 Å². The van der Waals surface area contributed by atoms with Crippen molar-refractivity contribution in [2.24, 2.45) is 0 Å². The molecule has 15 heavy (non-hydrogen) atoms. The van der Waals surface area contributed by atoms with Gasteiger partial charge in [-0.15, -0.1) is 0 Å². The van der Waals surface area contributed by atoms with Crippen molar-refractivity contribution in [1.29, 1.82) is 0 Å². The average molecular weight is 220 g/mol. The van der Waals surface area contributed by atoms with Gasteiger partial charge in [-0.2, -0.15) is 13.2 Å². The number of benzene rings is 1. The van der Waals surface area contributed by atoms with Crippen LogP contribution in [-0.2, 0) is 12.1 Å². The van der Waals surface area contributed by atoms with Crippen LogP contribution in [0, 0.1) is 0 Å². The maximum atomic E-state index is 13.8. The molecule has 0 saturated carbocycles. The topological polar surface area (TPSA) is 20.2 Å². The van der Waals surface area contributed by atoms with E-state index in [1.54, 1.807) is 0 Å². The summed E-state index contributed by atoms with van der Waals surface area (Å²) >= 11 is 0. The van der Waals surface area contributed by atoms with E-state index < -0.39 is 23.8 Å². The first-order valence-electron chi connectivity index (χ1n) is 4.43. The van der Waals surface area contributed by atoms with Gasteiger partial charge >= 0.3 is 6.18 Å². The van der Waals surface area contributed by atoms with Crippen LogP contribution in [0.4, 0.5) is 17.6 Å². The number of hydrogen-bond donors (Lipinski definition) is 1. The lowest BCUT2D eigenvalue weighted by Gasteiger charge is -2.23. The molecule has 1 aromatic carbocycles. The van der Waals surface area contributed by atoms with Crippen molar-refractivity contribution in [2.75, 3.05) is 0 Å². The van der Waals surface area contributed by atoms with Crippen LogP contribution in [0.2, 0.25) is 0 Å². The van der Waals surface area contributed by atoms with E-state index in [0.717, 1.165) is 6.07 Å². The number of aromatic hydroxyl groups is 1. The highest BCUT2D eigenvalue weighted by Crippen LogP contribution is 2.52. The third-order valence-electron chi connectivity index (χ3n) is 2.75. The van der Waals surface area contributed by atoms with Gasteiger partial charge in [-0.05, 0) is 18.9 Å². The zero-order valence-electron chi connectivity index (χ0n) is 7.61. The zero-order chi connectivity index (χ0) is 11.3. The van der Waals surface area contributed by atoms with Gasteiger partial charge in [0.05, 0.1) is 0 Å². The Morgan fingerprint density at radius 2 is 1.93 bits per heavy atom. The normalized spacial score (nSPS) is 25.3. The molecule has 1 aliphatic carbocycles. The molecule has 1 atom stereocenters. The van der Waals surface area contributed by atoms with E-state index in [1.807, 2.05) is 0 Å². The minimum absolute atomic E-state index is 0.0670. The van der Waals surface area contributed by atoms with Gasteiger partial charge in [-0.3, -0.25) is 0 Å². The Bertz CT molecular complexity index is 399. The molecule has 0 spiro atoms. The number of phenolic OH excluding ortho intramolecular Hbond substituents is 1. The second-order valence-electron chi connectivity index (χ2n) is 3.60. The van der Waals surface area contributed by atoms with Crippen molar-refractivity contribution >= 4 is 0 Å². The molecular formula is C10H8F4O. The summed E-state index contributed by atoms with van der Waals surface area (Å²) in [6.45, 7) is 0. The number of halogens is 4. The van der Waals surface area contributed by atoms with Crippen LogP contribution in [0.5, 0.6) is 5.75 Å². The lowest BCUT2D eigenvalue weighted by Crippen LogP contribution is -2.35. The zero-order valence-corrected chi connectivity index (χ0v) is 7.61. The highest BCUT2D eigenvalue weighted by molar-refractivity contribution is 5.46. The molecule has 0 aromatic heterocycles. The first kappa shape index (κ1) is 10.3. The minimum atomic E-state index is -4.92. The molecule has 2 rings (SSSR count). The fourth-order valence-electron chi connectivity index (χ4n) is 1.93. The Morgan fingerprint density at radius 3 is 2.53 bits per heavy atom. The fourth-order valence-corrected chi connectivity index (χ4v) is 1.93. The highest BCUT2D eigenvalue weighted by atomic mass is 19.4. The van der Waals surface area contributed by atoms with E-state index in [9.17, 15) is 22.7 Å². The number of fused-ring (bicyclic) bond motifs is 1. The summed E-state index contributed by atoms with van der Waals surface area (Å²) in [4.78, 5) is 0. The van der Waals surface area contributed by atoms with E-state index in [1.165, 1.54) is 12.1 Å². The summed E-state index contributed by atoms with van der Waals surface area (Å²) in [5, 5.41) is 9.30. The minimum Gasteiger partial charge on any atom is -0.508 e. The van der Waals surface area contributed by atoms with Crippen LogP contribution >= 0.6 is 0 Å². The Balaban J connectivity index is 2.58. The molecule has 0 aliphatic heterocycles. The summed E-state index contributed by atoms with van der Waals surface area (Å²) < 4.78 is 51.3. The third kappa shape index (κ3) is 1.29. The van der Waals surface area contributed by atoms with E-state index in [4.69, 9.17) is 0 Å². The molecule has 0 fully saturated rings. The molecule has 1 aromatic rings.